The predicted molar refractivity (Wildman–Crippen MR) is 93.8 cm³/mol. The van der Waals surface area contributed by atoms with Gasteiger partial charge in [-0.1, -0.05) is 34.1 Å². The second-order valence-electron chi connectivity index (χ2n) is 4.86. The van der Waals surface area contributed by atoms with E-state index in [9.17, 15) is 13.2 Å². The summed E-state index contributed by atoms with van der Waals surface area (Å²) in [5, 5.41) is 0. The summed E-state index contributed by atoms with van der Waals surface area (Å²) in [4.78, 5) is 13.5. The van der Waals surface area contributed by atoms with Crippen molar-refractivity contribution in [2.45, 2.75) is 11.8 Å². The van der Waals surface area contributed by atoms with E-state index >= 15 is 0 Å². The summed E-state index contributed by atoms with van der Waals surface area (Å²) in [6, 6.07) is 15.5. The van der Waals surface area contributed by atoms with Gasteiger partial charge < -0.3 is 4.90 Å². The lowest BCUT2D eigenvalue weighted by atomic mass is 10.3. The molecule has 0 radical (unpaired) electrons. The third-order valence-electron chi connectivity index (χ3n) is 3.20. The minimum atomic E-state index is -3.59. The molecule has 0 unspecified atom stereocenters. The van der Waals surface area contributed by atoms with Crippen LogP contribution in [0.3, 0.4) is 0 Å². The summed E-state index contributed by atoms with van der Waals surface area (Å²) in [5.74, 6) is -0.140. The maximum absolute atomic E-state index is 12.2. The maximum atomic E-state index is 12.2. The van der Waals surface area contributed by atoms with Gasteiger partial charge in [0.05, 0.1) is 4.90 Å². The van der Waals surface area contributed by atoms with Crippen LogP contribution in [0.1, 0.15) is 6.92 Å². The van der Waals surface area contributed by atoms with Gasteiger partial charge >= 0.3 is 0 Å². The number of halogens is 1. The van der Waals surface area contributed by atoms with Crippen molar-refractivity contribution in [2.75, 3.05) is 18.0 Å². The number of hydrogen-bond acceptors (Lipinski definition) is 3. The van der Waals surface area contributed by atoms with Gasteiger partial charge in [0.2, 0.25) is 15.9 Å². The second-order valence-corrected chi connectivity index (χ2v) is 7.54. The maximum Gasteiger partial charge on any atom is 0.240 e. The van der Waals surface area contributed by atoms with Gasteiger partial charge in [-0.3, -0.25) is 4.79 Å². The number of carbonyl (C=O) groups excluding carboxylic acids is 1. The molecule has 7 heteroatoms. The average molecular weight is 397 g/mol. The van der Waals surface area contributed by atoms with Gasteiger partial charge in [0.1, 0.15) is 0 Å². The third-order valence-corrected chi connectivity index (χ3v) is 5.21. The van der Waals surface area contributed by atoms with Crippen molar-refractivity contribution in [3.8, 4) is 0 Å². The van der Waals surface area contributed by atoms with Gasteiger partial charge in [-0.2, -0.15) is 0 Å². The Hall–Kier alpha value is -1.70. The Balaban J connectivity index is 2.02. The predicted octanol–water partition coefficient (Wildman–Crippen LogP) is 2.78. The summed E-state index contributed by atoms with van der Waals surface area (Å²) in [5.41, 5.74) is 0.739. The molecule has 2 aromatic rings. The molecule has 0 aliphatic rings. The smallest absolute Gasteiger partial charge is 0.240 e. The molecule has 1 amide bonds. The Morgan fingerprint density at radius 2 is 1.70 bits per heavy atom. The Morgan fingerprint density at radius 1 is 1.09 bits per heavy atom. The average Bonchev–Trinajstić information content (AvgIpc) is 2.52. The third kappa shape index (κ3) is 4.89. The van der Waals surface area contributed by atoms with Crippen LogP contribution in [0.15, 0.2) is 64.0 Å². The topological polar surface area (TPSA) is 66.5 Å². The van der Waals surface area contributed by atoms with Gasteiger partial charge in [0, 0.05) is 30.2 Å². The molecule has 5 nitrogen and oxygen atoms in total. The van der Waals surface area contributed by atoms with Gasteiger partial charge in [0.25, 0.3) is 0 Å². The first-order valence-electron chi connectivity index (χ1n) is 6.98. The number of benzene rings is 2. The highest BCUT2D eigenvalue weighted by molar-refractivity contribution is 9.10. The van der Waals surface area contributed by atoms with Crippen molar-refractivity contribution in [1.82, 2.24) is 4.72 Å². The molecule has 0 heterocycles. The van der Waals surface area contributed by atoms with Gasteiger partial charge in [-0.15, -0.1) is 0 Å². The first-order valence-corrected chi connectivity index (χ1v) is 9.26. The molecule has 2 rings (SSSR count). The van der Waals surface area contributed by atoms with Crippen LogP contribution in [0.25, 0.3) is 0 Å². The van der Waals surface area contributed by atoms with Crippen molar-refractivity contribution in [1.29, 1.82) is 0 Å². The van der Waals surface area contributed by atoms with E-state index in [-0.39, 0.29) is 23.9 Å². The lowest BCUT2D eigenvalue weighted by molar-refractivity contribution is -0.116. The fourth-order valence-electron chi connectivity index (χ4n) is 2.07. The minimum absolute atomic E-state index is 0.132. The molecule has 0 saturated carbocycles. The molecule has 0 spiro atoms. The SMILES string of the molecule is CC(=O)N(CCNS(=O)(=O)c1ccc(Br)cc1)c1ccccc1. The standard InChI is InChI=1S/C16H17BrN2O3S/c1-13(20)19(15-5-3-2-4-6-15)12-11-18-23(21,22)16-9-7-14(17)8-10-16/h2-10,18H,11-12H2,1H3. The van der Waals surface area contributed by atoms with Gasteiger partial charge in [0.15, 0.2) is 0 Å². The van der Waals surface area contributed by atoms with Crippen LogP contribution in [-0.4, -0.2) is 27.4 Å². The largest absolute Gasteiger partial charge is 0.311 e. The number of hydrogen-bond donors (Lipinski definition) is 1. The monoisotopic (exact) mass is 396 g/mol. The van der Waals surface area contributed by atoms with Crippen LogP contribution in [-0.2, 0) is 14.8 Å². The van der Waals surface area contributed by atoms with Crippen molar-refractivity contribution < 1.29 is 13.2 Å². The van der Waals surface area contributed by atoms with Crippen molar-refractivity contribution in [3.63, 3.8) is 0 Å². The molecule has 1 N–H and O–H groups in total. The fourth-order valence-corrected chi connectivity index (χ4v) is 3.35. The first-order chi connectivity index (χ1) is 10.9. The molecule has 0 atom stereocenters. The van der Waals surface area contributed by atoms with E-state index in [0.717, 1.165) is 10.2 Å². The molecular formula is C16H17BrN2O3S. The van der Waals surface area contributed by atoms with Crippen LogP contribution in [0, 0.1) is 0 Å². The van der Waals surface area contributed by atoms with Crippen LogP contribution < -0.4 is 9.62 Å². The van der Waals surface area contributed by atoms with Gasteiger partial charge in [-0.25, -0.2) is 13.1 Å². The number of nitrogens with zero attached hydrogens (tertiary/aromatic N) is 1. The number of para-hydroxylation sites is 1. The van der Waals surface area contributed by atoms with E-state index in [1.165, 1.54) is 24.0 Å². The highest BCUT2D eigenvalue weighted by atomic mass is 79.9. The van der Waals surface area contributed by atoms with E-state index < -0.39 is 10.0 Å². The Bertz CT molecular complexity index is 762. The highest BCUT2D eigenvalue weighted by Crippen LogP contribution is 2.15. The van der Waals surface area contributed by atoms with Crippen LogP contribution >= 0.6 is 15.9 Å². The normalized spacial score (nSPS) is 11.2. The molecule has 0 aromatic heterocycles. The first kappa shape index (κ1) is 17.7. The van der Waals surface area contributed by atoms with E-state index in [1.807, 2.05) is 30.3 Å². The van der Waals surface area contributed by atoms with Crippen molar-refractivity contribution in [3.05, 3.63) is 59.1 Å². The second kappa shape index (κ2) is 7.72. The zero-order valence-electron chi connectivity index (χ0n) is 12.6. The number of carbonyl (C=O) groups is 1. The Labute approximate surface area is 144 Å². The highest BCUT2D eigenvalue weighted by Gasteiger charge is 2.15. The quantitative estimate of drug-likeness (QED) is 0.815. The molecule has 0 bridgehead atoms. The molecule has 2 aromatic carbocycles. The fraction of sp³-hybridized carbons (Fsp3) is 0.188. The molecule has 23 heavy (non-hydrogen) atoms. The van der Waals surface area contributed by atoms with Crippen molar-refractivity contribution >= 4 is 37.5 Å². The lowest BCUT2D eigenvalue weighted by Gasteiger charge is -2.21. The number of rotatable bonds is 6. The molecule has 0 aliphatic carbocycles. The van der Waals surface area contributed by atoms with Crippen LogP contribution in [0.4, 0.5) is 5.69 Å². The van der Waals surface area contributed by atoms with Crippen LogP contribution in [0.5, 0.6) is 0 Å². The molecule has 0 fully saturated rings. The van der Waals surface area contributed by atoms with E-state index in [1.54, 1.807) is 12.1 Å². The summed E-state index contributed by atoms with van der Waals surface area (Å²) in [7, 11) is -3.59. The molecule has 122 valence electrons. The summed E-state index contributed by atoms with van der Waals surface area (Å²) in [6.45, 7) is 1.85. The van der Waals surface area contributed by atoms with E-state index in [0.29, 0.717) is 0 Å². The molecule has 0 aliphatic heterocycles. The van der Waals surface area contributed by atoms with Crippen molar-refractivity contribution in [2.24, 2.45) is 0 Å². The summed E-state index contributed by atoms with van der Waals surface area (Å²) >= 11 is 3.27. The molecule has 0 saturated heterocycles. The zero-order valence-corrected chi connectivity index (χ0v) is 15.0. The minimum Gasteiger partial charge on any atom is -0.311 e. The van der Waals surface area contributed by atoms with E-state index in [4.69, 9.17) is 0 Å². The number of amides is 1. The number of anilines is 1. The van der Waals surface area contributed by atoms with Gasteiger partial charge in [-0.05, 0) is 36.4 Å². The number of nitrogens with one attached hydrogen (secondary N) is 1. The number of sulfonamides is 1. The molecular weight excluding hydrogens is 380 g/mol. The summed E-state index contributed by atoms with van der Waals surface area (Å²) in [6.07, 6.45) is 0. The van der Waals surface area contributed by atoms with Crippen LogP contribution in [0.2, 0.25) is 0 Å². The zero-order chi connectivity index (χ0) is 16.9. The Kier molecular flexibility index (Phi) is 5.92. The summed E-state index contributed by atoms with van der Waals surface area (Å²) < 4.78 is 27.7. The van der Waals surface area contributed by atoms with E-state index in [2.05, 4.69) is 20.7 Å². The Morgan fingerprint density at radius 3 is 2.26 bits per heavy atom. The lowest BCUT2D eigenvalue weighted by Crippen LogP contribution is -2.37.